The summed E-state index contributed by atoms with van der Waals surface area (Å²) in [5, 5.41) is 14.5. The summed E-state index contributed by atoms with van der Waals surface area (Å²) in [6.07, 6.45) is 4.10. The fourth-order valence-corrected chi connectivity index (χ4v) is 5.12. The van der Waals surface area contributed by atoms with Gasteiger partial charge in [0.1, 0.15) is 5.84 Å². The summed E-state index contributed by atoms with van der Waals surface area (Å²) in [5.41, 5.74) is 15.6. The Balaban J connectivity index is 1.50. The number of hydrogen-bond acceptors (Lipinski definition) is 3. The van der Waals surface area contributed by atoms with Crippen molar-refractivity contribution in [1.82, 2.24) is 9.88 Å². The third-order valence-electron chi connectivity index (χ3n) is 6.99. The number of nitrogens with zero attached hydrogens (tertiary/aromatic N) is 1. The number of benzene rings is 3. The first-order valence-electron chi connectivity index (χ1n) is 12.0. The number of carbonyl (C=O) groups excluding carboxylic acids is 1. The second kappa shape index (κ2) is 9.31. The van der Waals surface area contributed by atoms with Crippen LogP contribution < -0.4 is 16.8 Å². The summed E-state index contributed by atoms with van der Waals surface area (Å²) in [4.78, 5) is 13.0. The number of fused-ring (bicyclic) bond motifs is 2. The standard InChI is InChI=1S/C28H31N5O/c29-22-10-12-23(13-11-22)32-27(34)16-24-14-19-8-9-20(28(30)31)15-26(19)33(24)17-21-6-3-5-18-4-1-2-7-25(18)21/h1-9,14-15,22-23H,10-13,16-17,29H2,(H3,30,31)(H,32,34). The average molecular weight is 454 g/mol. The monoisotopic (exact) mass is 453 g/mol. The lowest BCUT2D eigenvalue weighted by Gasteiger charge is -2.26. The van der Waals surface area contributed by atoms with Gasteiger partial charge in [-0.15, -0.1) is 0 Å². The fourth-order valence-electron chi connectivity index (χ4n) is 5.12. The van der Waals surface area contributed by atoms with Crippen molar-refractivity contribution in [3.8, 4) is 0 Å². The van der Waals surface area contributed by atoms with Gasteiger partial charge in [0.05, 0.1) is 6.42 Å². The predicted molar refractivity (Wildman–Crippen MR) is 138 cm³/mol. The van der Waals surface area contributed by atoms with Crippen molar-refractivity contribution in [3.63, 3.8) is 0 Å². The molecule has 0 saturated heterocycles. The maximum atomic E-state index is 13.0. The number of nitrogen functional groups attached to an aromatic ring is 1. The number of rotatable bonds is 6. The number of nitrogens with one attached hydrogen (secondary N) is 2. The van der Waals surface area contributed by atoms with Crippen LogP contribution in [0.3, 0.4) is 0 Å². The minimum Gasteiger partial charge on any atom is -0.384 e. The zero-order valence-corrected chi connectivity index (χ0v) is 19.3. The van der Waals surface area contributed by atoms with E-state index in [-0.39, 0.29) is 23.8 Å². The summed E-state index contributed by atoms with van der Waals surface area (Å²) < 4.78 is 2.19. The molecule has 3 aromatic carbocycles. The van der Waals surface area contributed by atoms with Crippen molar-refractivity contribution in [2.45, 2.75) is 50.7 Å². The van der Waals surface area contributed by atoms with Crippen LogP contribution in [0.5, 0.6) is 0 Å². The first kappa shape index (κ1) is 22.2. The Hall–Kier alpha value is -3.64. The van der Waals surface area contributed by atoms with E-state index in [1.165, 1.54) is 16.3 Å². The number of amides is 1. The molecule has 6 heteroatoms. The van der Waals surface area contributed by atoms with E-state index in [2.05, 4.69) is 52.3 Å². The fraction of sp³-hybridized carbons (Fsp3) is 0.286. The van der Waals surface area contributed by atoms with Gasteiger partial charge in [0.15, 0.2) is 0 Å². The highest BCUT2D eigenvalue weighted by atomic mass is 16.1. The summed E-state index contributed by atoms with van der Waals surface area (Å²) in [5.74, 6) is 0.0730. The minimum absolute atomic E-state index is 0.0363. The molecule has 0 aliphatic heterocycles. The molecule has 0 spiro atoms. The van der Waals surface area contributed by atoms with Gasteiger partial charge in [-0.3, -0.25) is 10.2 Å². The van der Waals surface area contributed by atoms with E-state index in [1.54, 1.807) is 0 Å². The average Bonchev–Trinajstić information content (AvgIpc) is 3.16. The van der Waals surface area contributed by atoms with Gasteiger partial charge in [0, 0.05) is 35.4 Å². The topological polar surface area (TPSA) is 110 Å². The van der Waals surface area contributed by atoms with Crippen molar-refractivity contribution < 1.29 is 4.79 Å². The van der Waals surface area contributed by atoms with Crippen LogP contribution in [0.25, 0.3) is 21.7 Å². The van der Waals surface area contributed by atoms with Gasteiger partial charge >= 0.3 is 0 Å². The first-order chi connectivity index (χ1) is 16.5. The molecule has 4 aromatic rings. The zero-order valence-electron chi connectivity index (χ0n) is 19.3. The summed E-state index contributed by atoms with van der Waals surface area (Å²) in [7, 11) is 0. The quantitative estimate of drug-likeness (QED) is 0.261. The first-order valence-corrected chi connectivity index (χ1v) is 12.0. The molecule has 1 aliphatic rings. The number of hydrogen-bond donors (Lipinski definition) is 4. The number of amidine groups is 1. The molecule has 174 valence electrons. The number of nitrogens with two attached hydrogens (primary N) is 2. The highest BCUT2D eigenvalue weighted by Crippen LogP contribution is 2.26. The van der Waals surface area contributed by atoms with Gasteiger partial charge in [-0.05, 0) is 59.5 Å². The molecule has 0 atom stereocenters. The molecule has 1 aliphatic carbocycles. The predicted octanol–water partition coefficient (Wildman–Crippen LogP) is 4.06. The van der Waals surface area contributed by atoms with Crippen molar-refractivity contribution in [1.29, 1.82) is 5.41 Å². The molecular weight excluding hydrogens is 422 g/mol. The second-order valence-corrected chi connectivity index (χ2v) is 9.40. The van der Waals surface area contributed by atoms with Crippen LogP contribution in [-0.4, -0.2) is 28.4 Å². The molecule has 6 N–H and O–H groups in total. The van der Waals surface area contributed by atoms with Crippen LogP contribution in [0, 0.1) is 5.41 Å². The van der Waals surface area contributed by atoms with Crippen LogP contribution in [0.1, 0.15) is 42.5 Å². The summed E-state index contributed by atoms with van der Waals surface area (Å²) in [6.45, 7) is 0.632. The molecule has 1 amide bonds. The van der Waals surface area contributed by atoms with Gasteiger partial charge in [0.2, 0.25) is 5.91 Å². The van der Waals surface area contributed by atoms with E-state index in [0.29, 0.717) is 18.5 Å². The van der Waals surface area contributed by atoms with Crippen LogP contribution in [0.4, 0.5) is 0 Å². The van der Waals surface area contributed by atoms with Gasteiger partial charge < -0.3 is 21.4 Å². The number of aromatic nitrogens is 1. The lowest BCUT2D eigenvalue weighted by molar-refractivity contribution is -0.121. The van der Waals surface area contributed by atoms with Crippen LogP contribution in [0.2, 0.25) is 0 Å². The van der Waals surface area contributed by atoms with E-state index >= 15 is 0 Å². The Labute approximate surface area is 199 Å². The highest BCUT2D eigenvalue weighted by molar-refractivity contribution is 5.99. The van der Waals surface area contributed by atoms with Crippen molar-refractivity contribution in [2.24, 2.45) is 11.5 Å². The Bertz CT molecular complexity index is 1360. The Morgan fingerprint density at radius 2 is 1.74 bits per heavy atom. The van der Waals surface area contributed by atoms with Crippen LogP contribution >= 0.6 is 0 Å². The van der Waals surface area contributed by atoms with Gasteiger partial charge in [0.25, 0.3) is 0 Å². The molecule has 1 aromatic heterocycles. The third kappa shape index (κ3) is 4.54. The molecule has 34 heavy (non-hydrogen) atoms. The van der Waals surface area contributed by atoms with E-state index in [1.807, 2.05) is 24.3 Å². The molecule has 1 fully saturated rings. The lowest BCUT2D eigenvalue weighted by Crippen LogP contribution is -2.41. The molecule has 0 radical (unpaired) electrons. The van der Waals surface area contributed by atoms with Gasteiger partial charge in [-0.2, -0.15) is 0 Å². The van der Waals surface area contributed by atoms with E-state index in [4.69, 9.17) is 16.9 Å². The van der Waals surface area contributed by atoms with Gasteiger partial charge in [-0.25, -0.2) is 0 Å². The maximum absolute atomic E-state index is 13.0. The molecule has 1 heterocycles. The van der Waals surface area contributed by atoms with Crippen LogP contribution in [-0.2, 0) is 17.8 Å². The molecule has 0 unspecified atom stereocenters. The molecule has 1 saturated carbocycles. The zero-order chi connectivity index (χ0) is 23.7. The van der Waals surface area contributed by atoms with Crippen molar-refractivity contribution in [2.75, 3.05) is 0 Å². The molecular formula is C28H31N5O. The van der Waals surface area contributed by atoms with E-state index < -0.39 is 0 Å². The summed E-state index contributed by atoms with van der Waals surface area (Å²) in [6, 6.07) is 23.0. The normalized spacial score (nSPS) is 18.3. The highest BCUT2D eigenvalue weighted by Gasteiger charge is 2.21. The Morgan fingerprint density at radius 1 is 0.971 bits per heavy atom. The second-order valence-electron chi connectivity index (χ2n) is 9.40. The smallest absolute Gasteiger partial charge is 0.226 e. The minimum atomic E-state index is 0.0363. The van der Waals surface area contributed by atoms with Crippen molar-refractivity contribution >= 4 is 33.4 Å². The third-order valence-corrected chi connectivity index (χ3v) is 6.99. The molecule has 5 rings (SSSR count). The summed E-state index contributed by atoms with van der Waals surface area (Å²) >= 11 is 0. The molecule has 0 bridgehead atoms. The maximum Gasteiger partial charge on any atom is 0.226 e. The van der Waals surface area contributed by atoms with E-state index in [0.717, 1.165) is 42.3 Å². The van der Waals surface area contributed by atoms with Gasteiger partial charge in [-0.1, -0.05) is 54.6 Å². The largest absolute Gasteiger partial charge is 0.384 e. The lowest BCUT2D eigenvalue weighted by atomic mass is 9.92. The van der Waals surface area contributed by atoms with Crippen molar-refractivity contribution in [3.05, 3.63) is 83.6 Å². The Morgan fingerprint density at radius 3 is 2.53 bits per heavy atom. The molecule has 6 nitrogen and oxygen atoms in total. The Kier molecular flexibility index (Phi) is 6.07. The van der Waals surface area contributed by atoms with Crippen LogP contribution in [0.15, 0.2) is 66.7 Å². The SMILES string of the molecule is N=C(N)c1ccc2cc(CC(=O)NC3CCC(N)CC3)n(Cc3cccc4ccccc34)c2c1. The van der Waals surface area contributed by atoms with E-state index in [9.17, 15) is 4.79 Å². The number of carbonyl (C=O) groups is 1.